The van der Waals surface area contributed by atoms with Crippen LogP contribution in [0, 0.1) is 5.92 Å². The van der Waals surface area contributed by atoms with Crippen LogP contribution < -0.4 is 5.73 Å². The number of hydrogen-bond acceptors (Lipinski definition) is 3. The Kier molecular flexibility index (Phi) is 4.55. The smallest absolute Gasteiger partial charge is 0.323 e. The summed E-state index contributed by atoms with van der Waals surface area (Å²) in [7, 11) is 0. The van der Waals surface area contributed by atoms with E-state index >= 15 is 0 Å². The molecule has 15 heavy (non-hydrogen) atoms. The summed E-state index contributed by atoms with van der Waals surface area (Å²) in [5.41, 5.74) is 5.30. The highest BCUT2D eigenvalue weighted by atomic mass is 16.4. The average Bonchev–Trinajstić information content (AvgIpc) is 2.96. The molecule has 0 heterocycles. The summed E-state index contributed by atoms with van der Waals surface area (Å²) < 4.78 is 0. The molecule has 86 valence electrons. The van der Waals surface area contributed by atoms with Gasteiger partial charge in [-0.25, -0.2) is 0 Å². The van der Waals surface area contributed by atoms with Crippen LogP contribution in [0.25, 0.3) is 0 Å². The van der Waals surface area contributed by atoms with E-state index in [2.05, 4.69) is 0 Å². The maximum Gasteiger partial charge on any atom is 0.323 e. The lowest BCUT2D eigenvalue weighted by Gasteiger charge is -2.20. The van der Waals surface area contributed by atoms with Gasteiger partial charge in [0.1, 0.15) is 6.54 Å². The molecule has 1 rings (SSSR count). The first-order chi connectivity index (χ1) is 7.13. The number of carbonyl (C=O) groups excluding carboxylic acids is 1. The Hall–Kier alpha value is -1.10. The van der Waals surface area contributed by atoms with Crippen molar-refractivity contribution in [3.8, 4) is 0 Å². The summed E-state index contributed by atoms with van der Waals surface area (Å²) in [5.74, 6) is -0.516. The van der Waals surface area contributed by atoms with Gasteiger partial charge in [-0.3, -0.25) is 9.59 Å². The molecular weight excluding hydrogens is 196 g/mol. The van der Waals surface area contributed by atoms with E-state index in [1.807, 2.05) is 0 Å². The van der Waals surface area contributed by atoms with Crippen molar-refractivity contribution in [2.24, 2.45) is 11.7 Å². The summed E-state index contributed by atoms with van der Waals surface area (Å²) in [6.07, 6.45) is 3.21. The van der Waals surface area contributed by atoms with Crippen LogP contribution in [0.2, 0.25) is 0 Å². The molecule has 1 aliphatic carbocycles. The fourth-order valence-corrected chi connectivity index (χ4v) is 1.44. The van der Waals surface area contributed by atoms with Crippen molar-refractivity contribution in [2.45, 2.75) is 25.7 Å². The van der Waals surface area contributed by atoms with Crippen LogP contribution in [0.3, 0.4) is 0 Å². The van der Waals surface area contributed by atoms with Crippen molar-refractivity contribution in [2.75, 3.05) is 19.6 Å². The maximum atomic E-state index is 11.6. The summed E-state index contributed by atoms with van der Waals surface area (Å²) in [6, 6.07) is 0. The maximum absolute atomic E-state index is 11.6. The third-order valence-corrected chi connectivity index (χ3v) is 2.45. The number of carboxylic acids is 1. The monoisotopic (exact) mass is 214 g/mol. The number of amides is 1. The standard InChI is InChI=1S/C10H18N2O3/c11-5-1-2-9(13)12(7-10(14)15)6-8-3-4-8/h8H,1-7,11H2,(H,14,15). The van der Waals surface area contributed by atoms with Gasteiger partial charge in [-0.15, -0.1) is 0 Å². The van der Waals surface area contributed by atoms with E-state index in [0.29, 0.717) is 31.8 Å². The summed E-state index contributed by atoms with van der Waals surface area (Å²) in [4.78, 5) is 23.6. The first kappa shape index (κ1) is 12.0. The van der Waals surface area contributed by atoms with Gasteiger partial charge in [-0.05, 0) is 31.7 Å². The van der Waals surface area contributed by atoms with E-state index in [-0.39, 0.29) is 12.5 Å². The van der Waals surface area contributed by atoms with Crippen LogP contribution in [0.5, 0.6) is 0 Å². The summed E-state index contributed by atoms with van der Waals surface area (Å²) in [6.45, 7) is 0.881. The predicted molar refractivity (Wildman–Crippen MR) is 55.2 cm³/mol. The minimum atomic E-state index is -0.947. The molecule has 3 N–H and O–H groups in total. The largest absolute Gasteiger partial charge is 0.480 e. The quantitative estimate of drug-likeness (QED) is 0.627. The van der Waals surface area contributed by atoms with Gasteiger partial charge in [0.2, 0.25) is 5.91 Å². The van der Waals surface area contributed by atoms with Crippen LogP contribution in [0.1, 0.15) is 25.7 Å². The zero-order valence-electron chi connectivity index (χ0n) is 8.82. The number of carboxylic acid groups (broad SMARTS) is 1. The molecular formula is C10H18N2O3. The van der Waals surface area contributed by atoms with Crippen molar-refractivity contribution < 1.29 is 14.7 Å². The Balaban J connectivity index is 2.37. The molecule has 0 radical (unpaired) electrons. The van der Waals surface area contributed by atoms with Gasteiger partial charge in [0.05, 0.1) is 0 Å². The third-order valence-electron chi connectivity index (χ3n) is 2.45. The van der Waals surface area contributed by atoms with E-state index in [1.54, 1.807) is 0 Å². The van der Waals surface area contributed by atoms with Crippen molar-refractivity contribution >= 4 is 11.9 Å². The van der Waals surface area contributed by atoms with Crippen molar-refractivity contribution in [1.29, 1.82) is 0 Å². The van der Waals surface area contributed by atoms with Crippen LogP contribution >= 0.6 is 0 Å². The van der Waals surface area contributed by atoms with Gasteiger partial charge in [0, 0.05) is 13.0 Å². The highest BCUT2D eigenvalue weighted by Crippen LogP contribution is 2.29. The Morgan fingerprint density at radius 1 is 1.40 bits per heavy atom. The molecule has 0 aliphatic heterocycles. The zero-order valence-corrected chi connectivity index (χ0v) is 8.82. The highest BCUT2D eigenvalue weighted by Gasteiger charge is 2.27. The topological polar surface area (TPSA) is 83.6 Å². The average molecular weight is 214 g/mol. The molecule has 1 saturated carbocycles. The van der Waals surface area contributed by atoms with E-state index in [4.69, 9.17) is 10.8 Å². The number of nitrogens with two attached hydrogens (primary N) is 1. The molecule has 1 amide bonds. The van der Waals surface area contributed by atoms with Crippen molar-refractivity contribution in [3.63, 3.8) is 0 Å². The molecule has 5 nitrogen and oxygen atoms in total. The molecule has 0 aromatic heterocycles. The molecule has 0 spiro atoms. The molecule has 1 fully saturated rings. The highest BCUT2D eigenvalue weighted by molar-refractivity contribution is 5.81. The van der Waals surface area contributed by atoms with Gasteiger partial charge in [0.25, 0.3) is 0 Å². The first-order valence-corrected chi connectivity index (χ1v) is 5.33. The molecule has 0 bridgehead atoms. The number of hydrogen-bond donors (Lipinski definition) is 2. The lowest BCUT2D eigenvalue weighted by molar-refractivity contribution is -0.144. The van der Waals surface area contributed by atoms with Crippen molar-refractivity contribution in [3.05, 3.63) is 0 Å². The zero-order chi connectivity index (χ0) is 11.3. The molecule has 0 saturated heterocycles. The second-order valence-electron chi connectivity index (χ2n) is 4.00. The Labute approximate surface area is 89.2 Å². The molecule has 0 unspecified atom stereocenters. The summed E-state index contributed by atoms with van der Waals surface area (Å²) >= 11 is 0. The van der Waals surface area contributed by atoms with Crippen LogP contribution in [0.4, 0.5) is 0 Å². The van der Waals surface area contributed by atoms with Crippen LogP contribution in [-0.2, 0) is 9.59 Å². The lowest BCUT2D eigenvalue weighted by Crippen LogP contribution is -2.37. The second-order valence-corrected chi connectivity index (χ2v) is 4.00. The Bertz CT molecular complexity index is 239. The fourth-order valence-electron chi connectivity index (χ4n) is 1.44. The number of rotatable bonds is 7. The lowest BCUT2D eigenvalue weighted by atomic mass is 10.2. The van der Waals surface area contributed by atoms with Gasteiger partial charge in [-0.1, -0.05) is 0 Å². The van der Waals surface area contributed by atoms with E-state index in [9.17, 15) is 9.59 Å². The first-order valence-electron chi connectivity index (χ1n) is 5.33. The molecule has 0 aromatic carbocycles. The van der Waals surface area contributed by atoms with Gasteiger partial charge >= 0.3 is 5.97 Å². The van der Waals surface area contributed by atoms with Gasteiger partial charge < -0.3 is 15.7 Å². The molecule has 0 aromatic rings. The third kappa shape index (κ3) is 4.78. The number of aliphatic carboxylic acids is 1. The molecule has 1 aliphatic rings. The van der Waals surface area contributed by atoms with Crippen LogP contribution in [0.15, 0.2) is 0 Å². The Morgan fingerprint density at radius 2 is 2.07 bits per heavy atom. The van der Waals surface area contributed by atoms with E-state index in [0.717, 1.165) is 12.8 Å². The van der Waals surface area contributed by atoms with Gasteiger partial charge in [0.15, 0.2) is 0 Å². The van der Waals surface area contributed by atoms with E-state index in [1.165, 1.54) is 4.90 Å². The predicted octanol–water partition coefficient (Wildman–Crippen LogP) is 0.0485. The van der Waals surface area contributed by atoms with Gasteiger partial charge in [-0.2, -0.15) is 0 Å². The number of carbonyl (C=O) groups is 2. The van der Waals surface area contributed by atoms with Crippen molar-refractivity contribution in [1.82, 2.24) is 4.90 Å². The molecule has 5 heteroatoms. The van der Waals surface area contributed by atoms with Crippen LogP contribution in [-0.4, -0.2) is 41.5 Å². The second kappa shape index (κ2) is 5.70. The fraction of sp³-hybridized carbons (Fsp3) is 0.800. The minimum absolute atomic E-state index is 0.0882. The van der Waals surface area contributed by atoms with E-state index < -0.39 is 5.97 Å². The number of nitrogens with zero attached hydrogens (tertiary/aromatic N) is 1. The molecule has 0 atom stereocenters. The normalized spacial score (nSPS) is 15.0. The minimum Gasteiger partial charge on any atom is -0.480 e. The Morgan fingerprint density at radius 3 is 2.53 bits per heavy atom. The SMILES string of the molecule is NCCCC(=O)N(CC(=O)O)CC1CC1. The summed E-state index contributed by atoms with van der Waals surface area (Å²) in [5, 5.41) is 8.67.